The van der Waals surface area contributed by atoms with Gasteiger partial charge in [0.2, 0.25) is 0 Å². The smallest absolute Gasteiger partial charge is 0.328 e. The van der Waals surface area contributed by atoms with Crippen molar-refractivity contribution in [1.82, 2.24) is 10.3 Å². The molecule has 0 saturated heterocycles. The number of carbonyl (C=O) groups excluding carboxylic acids is 1. The number of aliphatic carboxylic acids is 1. The molecular weight excluding hydrogens is 288 g/mol. The molecule has 0 unspecified atom stereocenters. The van der Waals surface area contributed by atoms with E-state index in [9.17, 15) is 9.59 Å². The number of hydrogen-bond donors (Lipinski definition) is 2. The maximum absolute atomic E-state index is 12.0. The van der Waals surface area contributed by atoms with E-state index >= 15 is 0 Å². The van der Waals surface area contributed by atoms with Crippen LogP contribution in [-0.2, 0) is 11.3 Å². The molecule has 0 aliphatic rings. The van der Waals surface area contributed by atoms with Crippen LogP contribution in [0.15, 0.2) is 35.9 Å². The summed E-state index contributed by atoms with van der Waals surface area (Å²) >= 11 is 1.47. The summed E-state index contributed by atoms with van der Waals surface area (Å²) < 4.78 is 0. The lowest BCUT2D eigenvalue weighted by molar-refractivity contribution is -0.131. The fourth-order valence-corrected chi connectivity index (χ4v) is 2.53. The first-order chi connectivity index (χ1) is 10.1. The van der Waals surface area contributed by atoms with Crippen LogP contribution in [0.1, 0.15) is 26.5 Å². The Balaban J connectivity index is 1.96. The summed E-state index contributed by atoms with van der Waals surface area (Å²) in [5.41, 5.74) is 2.05. The Bertz CT molecular complexity index is 692. The van der Waals surface area contributed by atoms with Crippen LogP contribution in [0.4, 0.5) is 0 Å². The second-order valence-electron chi connectivity index (χ2n) is 4.34. The molecule has 0 saturated carbocycles. The summed E-state index contributed by atoms with van der Waals surface area (Å²) in [6.45, 7) is 2.19. The third-order valence-corrected chi connectivity index (χ3v) is 3.72. The van der Waals surface area contributed by atoms with Crippen molar-refractivity contribution in [2.45, 2.75) is 13.5 Å². The van der Waals surface area contributed by atoms with Crippen LogP contribution in [0.25, 0.3) is 6.08 Å². The Kier molecular flexibility index (Phi) is 4.84. The van der Waals surface area contributed by atoms with E-state index in [4.69, 9.17) is 5.11 Å². The SMILES string of the molecule is Cc1ncccc1C(=O)NCc1cc(/C=C/C(=O)O)cs1. The third-order valence-electron chi connectivity index (χ3n) is 2.77. The molecule has 108 valence electrons. The highest BCUT2D eigenvalue weighted by atomic mass is 32.1. The molecular formula is C15H14N2O3S. The molecule has 2 heterocycles. The van der Waals surface area contributed by atoms with Crippen LogP contribution in [-0.4, -0.2) is 22.0 Å². The monoisotopic (exact) mass is 302 g/mol. The van der Waals surface area contributed by atoms with Gasteiger partial charge in [0.15, 0.2) is 0 Å². The van der Waals surface area contributed by atoms with Gasteiger partial charge in [0.05, 0.1) is 12.1 Å². The van der Waals surface area contributed by atoms with Crippen molar-refractivity contribution in [3.63, 3.8) is 0 Å². The highest BCUT2D eigenvalue weighted by Gasteiger charge is 2.09. The second kappa shape index (κ2) is 6.81. The van der Waals surface area contributed by atoms with Gasteiger partial charge in [-0.25, -0.2) is 4.79 Å². The summed E-state index contributed by atoms with van der Waals surface area (Å²) in [6.07, 6.45) is 4.26. The summed E-state index contributed by atoms with van der Waals surface area (Å²) in [5, 5.41) is 13.2. The van der Waals surface area contributed by atoms with E-state index in [1.165, 1.54) is 17.4 Å². The van der Waals surface area contributed by atoms with Crippen molar-refractivity contribution < 1.29 is 14.7 Å². The van der Waals surface area contributed by atoms with Crippen molar-refractivity contribution >= 4 is 29.3 Å². The van der Waals surface area contributed by atoms with Gasteiger partial charge in [-0.05, 0) is 42.1 Å². The Morgan fingerprint density at radius 1 is 1.48 bits per heavy atom. The Morgan fingerprint density at radius 2 is 2.29 bits per heavy atom. The van der Waals surface area contributed by atoms with Gasteiger partial charge in [0, 0.05) is 22.8 Å². The first-order valence-electron chi connectivity index (χ1n) is 6.24. The van der Waals surface area contributed by atoms with E-state index in [1.807, 2.05) is 11.4 Å². The molecule has 0 aromatic carbocycles. The Hall–Kier alpha value is -2.47. The van der Waals surface area contributed by atoms with Crippen molar-refractivity contribution in [1.29, 1.82) is 0 Å². The van der Waals surface area contributed by atoms with E-state index in [-0.39, 0.29) is 5.91 Å². The fraction of sp³-hybridized carbons (Fsp3) is 0.133. The summed E-state index contributed by atoms with van der Waals surface area (Å²) in [7, 11) is 0. The summed E-state index contributed by atoms with van der Waals surface area (Å²) in [5.74, 6) is -1.15. The van der Waals surface area contributed by atoms with Crippen LogP contribution in [0.2, 0.25) is 0 Å². The first kappa shape index (κ1) is 14.9. The number of amides is 1. The number of carboxylic acid groups (broad SMARTS) is 1. The molecule has 0 atom stereocenters. The van der Waals surface area contributed by atoms with Crippen LogP contribution >= 0.6 is 11.3 Å². The molecule has 0 aliphatic carbocycles. The minimum atomic E-state index is -0.983. The predicted octanol–water partition coefficient (Wildman–Crippen LogP) is 2.48. The van der Waals surface area contributed by atoms with Crippen molar-refractivity contribution in [2.75, 3.05) is 0 Å². The fourth-order valence-electron chi connectivity index (χ4n) is 1.73. The standard InChI is InChI=1S/C15H14N2O3S/c1-10-13(3-2-6-16-10)15(20)17-8-12-7-11(9-21-12)4-5-14(18)19/h2-7,9H,8H2,1H3,(H,17,20)(H,18,19)/b5-4+. The number of nitrogens with one attached hydrogen (secondary N) is 1. The molecule has 6 heteroatoms. The number of thiophene rings is 1. The van der Waals surface area contributed by atoms with Crippen LogP contribution in [0.5, 0.6) is 0 Å². The number of carboxylic acids is 1. The zero-order valence-corrected chi connectivity index (χ0v) is 12.2. The normalized spacial score (nSPS) is 10.7. The number of rotatable bonds is 5. The number of aromatic nitrogens is 1. The zero-order valence-electron chi connectivity index (χ0n) is 11.4. The Morgan fingerprint density at radius 3 is 3.00 bits per heavy atom. The van der Waals surface area contributed by atoms with E-state index in [0.29, 0.717) is 17.8 Å². The molecule has 0 radical (unpaired) electrons. The van der Waals surface area contributed by atoms with E-state index in [1.54, 1.807) is 25.3 Å². The second-order valence-corrected chi connectivity index (χ2v) is 5.33. The largest absolute Gasteiger partial charge is 0.478 e. The van der Waals surface area contributed by atoms with Gasteiger partial charge in [-0.15, -0.1) is 11.3 Å². The van der Waals surface area contributed by atoms with E-state index in [0.717, 1.165) is 16.5 Å². The Labute approximate surface area is 126 Å². The van der Waals surface area contributed by atoms with Gasteiger partial charge in [-0.2, -0.15) is 0 Å². The zero-order chi connectivity index (χ0) is 15.2. The molecule has 2 rings (SSSR count). The summed E-state index contributed by atoms with van der Waals surface area (Å²) in [6, 6.07) is 5.30. The van der Waals surface area contributed by atoms with Gasteiger partial charge in [-0.3, -0.25) is 9.78 Å². The minimum Gasteiger partial charge on any atom is -0.478 e. The van der Waals surface area contributed by atoms with Gasteiger partial charge in [0.1, 0.15) is 0 Å². The molecule has 2 aromatic rings. The van der Waals surface area contributed by atoms with Crippen molar-refractivity contribution in [3.05, 3.63) is 57.6 Å². The third kappa shape index (κ3) is 4.25. The molecule has 2 aromatic heterocycles. The average Bonchev–Trinajstić information content (AvgIpc) is 2.91. The number of nitrogens with zero attached hydrogens (tertiary/aromatic N) is 1. The lowest BCUT2D eigenvalue weighted by Crippen LogP contribution is -2.23. The molecule has 21 heavy (non-hydrogen) atoms. The molecule has 0 fully saturated rings. The highest BCUT2D eigenvalue weighted by molar-refractivity contribution is 7.10. The van der Waals surface area contributed by atoms with Crippen molar-refractivity contribution in [3.8, 4) is 0 Å². The maximum Gasteiger partial charge on any atom is 0.328 e. The number of carbonyl (C=O) groups is 2. The van der Waals surface area contributed by atoms with Gasteiger partial charge < -0.3 is 10.4 Å². The minimum absolute atomic E-state index is 0.170. The first-order valence-corrected chi connectivity index (χ1v) is 7.12. The molecule has 2 N–H and O–H groups in total. The van der Waals surface area contributed by atoms with Crippen LogP contribution in [0.3, 0.4) is 0 Å². The molecule has 5 nitrogen and oxygen atoms in total. The lowest BCUT2D eigenvalue weighted by Gasteiger charge is -2.05. The highest BCUT2D eigenvalue weighted by Crippen LogP contribution is 2.16. The average molecular weight is 302 g/mol. The van der Waals surface area contributed by atoms with Crippen molar-refractivity contribution in [2.24, 2.45) is 0 Å². The molecule has 1 amide bonds. The maximum atomic E-state index is 12.0. The number of aryl methyl sites for hydroxylation is 1. The van der Waals surface area contributed by atoms with Crippen LogP contribution < -0.4 is 5.32 Å². The predicted molar refractivity (Wildman–Crippen MR) is 81.1 cm³/mol. The van der Waals surface area contributed by atoms with Crippen LogP contribution in [0, 0.1) is 6.92 Å². The van der Waals surface area contributed by atoms with E-state index in [2.05, 4.69) is 10.3 Å². The number of pyridine rings is 1. The lowest BCUT2D eigenvalue weighted by atomic mass is 10.2. The molecule has 0 bridgehead atoms. The van der Waals surface area contributed by atoms with Gasteiger partial charge in [0.25, 0.3) is 5.91 Å². The van der Waals surface area contributed by atoms with Gasteiger partial charge in [-0.1, -0.05) is 0 Å². The molecule has 0 aliphatic heterocycles. The summed E-state index contributed by atoms with van der Waals surface area (Å²) in [4.78, 5) is 27.5. The van der Waals surface area contributed by atoms with E-state index < -0.39 is 5.97 Å². The number of hydrogen-bond acceptors (Lipinski definition) is 4. The molecule has 0 spiro atoms. The quantitative estimate of drug-likeness (QED) is 0.832. The topological polar surface area (TPSA) is 79.3 Å². The van der Waals surface area contributed by atoms with Gasteiger partial charge >= 0.3 is 5.97 Å².